The largest absolute Gasteiger partial charge is 0.497 e. The van der Waals surface area contributed by atoms with E-state index in [1.165, 1.54) is 0 Å². The molecule has 0 saturated heterocycles. The third-order valence-corrected chi connectivity index (χ3v) is 7.46. The molecule has 0 saturated carbocycles. The summed E-state index contributed by atoms with van der Waals surface area (Å²) in [6.07, 6.45) is 0. The van der Waals surface area contributed by atoms with E-state index >= 15 is 0 Å². The molecule has 4 aromatic rings. The Bertz CT molecular complexity index is 1260. The first-order valence-electron chi connectivity index (χ1n) is 9.68. The Morgan fingerprint density at radius 3 is 2.77 bits per heavy atom. The van der Waals surface area contributed by atoms with Crippen molar-refractivity contribution in [2.24, 2.45) is 0 Å². The van der Waals surface area contributed by atoms with Crippen molar-refractivity contribution >= 4 is 45.0 Å². The van der Waals surface area contributed by atoms with Crippen LogP contribution >= 0.6 is 23.1 Å². The Balaban J connectivity index is 1.68. The first kappa shape index (κ1) is 19.9. The predicted octanol–water partition coefficient (Wildman–Crippen LogP) is 4.58. The van der Waals surface area contributed by atoms with Crippen molar-refractivity contribution in [2.75, 3.05) is 25.3 Å². The van der Waals surface area contributed by atoms with Crippen molar-refractivity contribution in [3.8, 4) is 16.6 Å². The van der Waals surface area contributed by atoms with Crippen molar-refractivity contribution in [1.82, 2.24) is 14.8 Å². The smallest absolute Gasteiger partial charge is 0.235 e. The molecule has 0 fully saturated rings. The van der Waals surface area contributed by atoms with Gasteiger partial charge >= 0.3 is 0 Å². The number of ether oxygens (including phenoxy) is 2. The first-order valence-corrected chi connectivity index (χ1v) is 11.5. The van der Waals surface area contributed by atoms with E-state index in [1.54, 1.807) is 42.0 Å². The average molecular weight is 453 g/mol. The fourth-order valence-corrected chi connectivity index (χ4v) is 5.89. The number of thioether (sulfide) groups is 1. The van der Waals surface area contributed by atoms with Gasteiger partial charge in [0, 0.05) is 17.2 Å². The molecule has 31 heavy (non-hydrogen) atoms. The minimum absolute atomic E-state index is 0.0662. The van der Waals surface area contributed by atoms with Crippen LogP contribution < -0.4 is 14.8 Å². The molecule has 2 aromatic carbocycles. The van der Waals surface area contributed by atoms with E-state index in [9.17, 15) is 4.79 Å². The van der Waals surface area contributed by atoms with Gasteiger partial charge in [0.25, 0.3) is 0 Å². The zero-order chi connectivity index (χ0) is 21.5. The van der Waals surface area contributed by atoms with E-state index < -0.39 is 0 Å². The third kappa shape index (κ3) is 3.43. The lowest BCUT2D eigenvalue weighted by molar-refractivity contribution is -0.113. The summed E-state index contributed by atoms with van der Waals surface area (Å²) in [6.45, 7) is 1.96. The van der Waals surface area contributed by atoms with Gasteiger partial charge in [0.2, 0.25) is 11.0 Å². The number of nitrogens with one attached hydrogen (secondary N) is 1. The maximum atomic E-state index is 12.6. The monoisotopic (exact) mass is 452 g/mol. The van der Waals surface area contributed by atoms with Crippen LogP contribution in [0.3, 0.4) is 0 Å². The molecule has 158 valence electrons. The number of thiazole rings is 1. The molecule has 0 unspecified atom stereocenters. The van der Waals surface area contributed by atoms with Crippen molar-refractivity contribution in [3.63, 3.8) is 0 Å². The van der Waals surface area contributed by atoms with Crippen LogP contribution in [0.1, 0.15) is 22.1 Å². The molecule has 1 amide bonds. The maximum absolute atomic E-state index is 12.6. The Morgan fingerprint density at radius 2 is 2.00 bits per heavy atom. The van der Waals surface area contributed by atoms with Crippen LogP contribution in [-0.4, -0.2) is 40.6 Å². The lowest BCUT2D eigenvalue weighted by Crippen LogP contribution is -2.15. The molecule has 1 atom stereocenters. The number of carbonyl (C=O) groups is 1. The molecule has 0 bridgehead atoms. The third-order valence-electron chi connectivity index (χ3n) is 5.19. The number of anilines is 1. The molecule has 5 rings (SSSR count). The number of fused-ring (bicyclic) bond motifs is 2. The standard InChI is InChI=1S/C22H20N4O3S2/c1-12-19-20(14-9-8-13(28-2)10-16(14)29-3)30-11-18(27)24-21(19)26(25-12)22-23-15-6-4-5-7-17(15)31-22/h4-10,20H,11H2,1-3H3,(H,24,27)/t20-/m1/s1. The van der Waals surface area contributed by atoms with Gasteiger partial charge in [-0.25, -0.2) is 4.98 Å². The van der Waals surface area contributed by atoms with E-state index in [4.69, 9.17) is 19.6 Å². The van der Waals surface area contributed by atoms with E-state index in [1.807, 2.05) is 49.4 Å². The van der Waals surface area contributed by atoms with Crippen LogP contribution in [0.25, 0.3) is 15.3 Å². The van der Waals surface area contributed by atoms with Crippen LogP contribution in [-0.2, 0) is 4.79 Å². The molecule has 1 N–H and O–H groups in total. The maximum Gasteiger partial charge on any atom is 0.235 e. The van der Waals surface area contributed by atoms with Crippen LogP contribution in [0.15, 0.2) is 42.5 Å². The number of rotatable bonds is 4. The second kappa shape index (κ2) is 7.90. The number of aryl methyl sites for hydroxylation is 1. The molecule has 3 heterocycles. The molecule has 7 nitrogen and oxygen atoms in total. The number of hydrogen-bond acceptors (Lipinski definition) is 7. The van der Waals surface area contributed by atoms with Crippen LogP contribution in [0.5, 0.6) is 11.5 Å². The summed E-state index contributed by atoms with van der Waals surface area (Å²) in [5, 5.41) is 8.42. The van der Waals surface area contributed by atoms with E-state index in [-0.39, 0.29) is 11.2 Å². The zero-order valence-corrected chi connectivity index (χ0v) is 18.8. The van der Waals surface area contributed by atoms with Gasteiger partial charge in [-0.05, 0) is 25.1 Å². The summed E-state index contributed by atoms with van der Waals surface area (Å²) in [4.78, 5) is 17.3. The number of amides is 1. The number of methoxy groups -OCH3 is 2. The number of para-hydroxylation sites is 1. The molecule has 2 aromatic heterocycles. The summed E-state index contributed by atoms with van der Waals surface area (Å²) in [5.41, 5.74) is 3.68. The normalized spacial score (nSPS) is 16.0. The van der Waals surface area contributed by atoms with Crippen LogP contribution in [0.2, 0.25) is 0 Å². The van der Waals surface area contributed by atoms with E-state index in [2.05, 4.69) is 5.32 Å². The highest BCUT2D eigenvalue weighted by molar-refractivity contribution is 8.00. The van der Waals surface area contributed by atoms with Crippen molar-refractivity contribution in [3.05, 3.63) is 59.3 Å². The van der Waals surface area contributed by atoms with E-state index in [0.717, 1.165) is 37.9 Å². The topological polar surface area (TPSA) is 78.3 Å². The molecular weight excluding hydrogens is 432 g/mol. The molecular formula is C22H20N4O3S2. The van der Waals surface area contributed by atoms with Crippen molar-refractivity contribution < 1.29 is 14.3 Å². The molecule has 0 aliphatic carbocycles. The molecule has 1 aliphatic heterocycles. The highest BCUT2D eigenvalue weighted by Gasteiger charge is 2.33. The van der Waals surface area contributed by atoms with Crippen LogP contribution in [0.4, 0.5) is 5.82 Å². The Morgan fingerprint density at radius 1 is 1.16 bits per heavy atom. The highest BCUT2D eigenvalue weighted by Crippen LogP contribution is 2.47. The summed E-state index contributed by atoms with van der Waals surface area (Å²) in [7, 11) is 3.27. The van der Waals surface area contributed by atoms with Gasteiger partial charge in [-0.3, -0.25) is 4.79 Å². The Labute approximate surface area is 187 Å². The zero-order valence-electron chi connectivity index (χ0n) is 17.2. The molecule has 0 spiro atoms. The van der Waals surface area contributed by atoms with Gasteiger partial charge in [0.1, 0.15) is 17.3 Å². The highest BCUT2D eigenvalue weighted by atomic mass is 32.2. The molecule has 0 radical (unpaired) electrons. The van der Waals surface area contributed by atoms with E-state index in [0.29, 0.717) is 17.3 Å². The minimum atomic E-state index is -0.127. The SMILES string of the molecule is COc1ccc([C@H]2SCC(=O)Nc3c2c(C)nn3-c2nc3ccccc3s2)c(OC)c1. The number of hydrogen-bond donors (Lipinski definition) is 1. The number of benzene rings is 2. The summed E-state index contributed by atoms with van der Waals surface area (Å²) >= 11 is 3.10. The lowest BCUT2D eigenvalue weighted by Gasteiger charge is -2.19. The lowest BCUT2D eigenvalue weighted by atomic mass is 10.0. The van der Waals surface area contributed by atoms with Crippen molar-refractivity contribution in [2.45, 2.75) is 12.2 Å². The number of aromatic nitrogens is 3. The van der Waals surface area contributed by atoms with Gasteiger partial charge in [0.15, 0.2) is 0 Å². The summed E-state index contributed by atoms with van der Waals surface area (Å²) in [5.74, 6) is 2.35. The second-order valence-electron chi connectivity index (χ2n) is 7.07. The fraction of sp³-hybridized carbons (Fsp3) is 0.227. The van der Waals surface area contributed by atoms with Crippen molar-refractivity contribution in [1.29, 1.82) is 0 Å². The molecule has 9 heteroatoms. The fourth-order valence-electron chi connectivity index (χ4n) is 3.75. The van der Waals surface area contributed by atoms with Gasteiger partial charge in [0.05, 0.1) is 41.1 Å². The number of nitrogens with zero attached hydrogens (tertiary/aromatic N) is 3. The minimum Gasteiger partial charge on any atom is -0.497 e. The average Bonchev–Trinajstić information content (AvgIpc) is 3.30. The quantitative estimate of drug-likeness (QED) is 0.488. The summed E-state index contributed by atoms with van der Waals surface area (Å²) in [6, 6.07) is 13.7. The second-order valence-corrected chi connectivity index (χ2v) is 9.17. The van der Waals surface area contributed by atoms with Crippen LogP contribution in [0, 0.1) is 6.92 Å². The summed E-state index contributed by atoms with van der Waals surface area (Å²) < 4.78 is 13.8. The first-order chi connectivity index (χ1) is 15.1. The number of carbonyl (C=O) groups excluding carboxylic acids is 1. The van der Waals surface area contributed by atoms with Gasteiger partial charge in [-0.15, -0.1) is 11.8 Å². The van der Waals surface area contributed by atoms with Gasteiger partial charge < -0.3 is 14.8 Å². The van der Waals surface area contributed by atoms with Gasteiger partial charge in [-0.2, -0.15) is 9.78 Å². The van der Waals surface area contributed by atoms with Gasteiger partial charge in [-0.1, -0.05) is 29.5 Å². The Hall–Kier alpha value is -3.04. The predicted molar refractivity (Wildman–Crippen MR) is 124 cm³/mol. The Kier molecular flexibility index (Phi) is 5.07. The molecule has 1 aliphatic rings.